The lowest BCUT2D eigenvalue weighted by molar-refractivity contribution is 0.472. The van der Waals surface area contributed by atoms with Gasteiger partial charge in [0.25, 0.3) is 0 Å². The Morgan fingerprint density at radius 3 is 2.58 bits per heavy atom. The van der Waals surface area contributed by atoms with Crippen molar-refractivity contribution in [1.29, 1.82) is 0 Å². The quantitative estimate of drug-likeness (QED) is 0.489. The standard InChI is InChI=1S/C22H22FN5O2S/c1-15-9-22-17(11-25-28(22)19-5-3-18(23)4-6-19)10-21(15)16-7-8-27(13-16)31(29,30)20-12-24-26(2)14-20/h3-6,9-12,14,16H,7-8,13H2,1-2H3. The first-order chi connectivity index (χ1) is 14.8. The first-order valence-electron chi connectivity index (χ1n) is 10.1. The minimum Gasteiger partial charge on any atom is -0.274 e. The Morgan fingerprint density at radius 2 is 1.87 bits per heavy atom. The lowest BCUT2D eigenvalue weighted by atomic mass is 9.93. The molecule has 5 rings (SSSR count). The van der Waals surface area contributed by atoms with Crippen LogP contribution >= 0.6 is 0 Å². The Labute approximate surface area is 179 Å². The highest BCUT2D eigenvalue weighted by molar-refractivity contribution is 7.89. The summed E-state index contributed by atoms with van der Waals surface area (Å²) in [5, 5.41) is 9.44. The molecule has 1 unspecified atom stereocenters. The van der Waals surface area contributed by atoms with Crippen molar-refractivity contribution in [2.45, 2.75) is 24.2 Å². The first kappa shape index (κ1) is 19.9. The minimum absolute atomic E-state index is 0.116. The maximum absolute atomic E-state index is 13.3. The number of hydrogen-bond acceptors (Lipinski definition) is 4. The lowest BCUT2D eigenvalue weighted by Gasteiger charge is -2.17. The molecule has 1 aliphatic rings. The minimum atomic E-state index is -3.55. The van der Waals surface area contributed by atoms with E-state index in [1.165, 1.54) is 29.2 Å². The van der Waals surface area contributed by atoms with Crippen LogP contribution in [0.15, 0.2) is 59.9 Å². The average Bonchev–Trinajstić information content (AvgIpc) is 3.47. The van der Waals surface area contributed by atoms with Crippen LogP contribution in [0.1, 0.15) is 23.5 Å². The van der Waals surface area contributed by atoms with E-state index in [4.69, 9.17) is 0 Å². The van der Waals surface area contributed by atoms with E-state index in [2.05, 4.69) is 22.3 Å². The van der Waals surface area contributed by atoms with Crippen LogP contribution in [0.25, 0.3) is 16.6 Å². The third-order valence-corrected chi connectivity index (χ3v) is 7.75. The number of hydrogen-bond donors (Lipinski definition) is 0. The predicted octanol–water partition coefficient (Wildman–Crippen LogP) is 3.38. The maximum Gasteiger partial charge on any atom is 0.246 e. The number of sulfonamides is 1. The van der Waals surface area contributed by atoms with E-state index in [1.807, 2.05) is 6.92 Å². The largest absolute Gasteiger partial charge is 0.274 e. The number of fused-ring (bicyclic) bond motifs is 1. The fourth-order valence-corrected chi connectivity index (χ4v) is 5.79. The maximum atomic E-state index is 13.3. The summed E-state index contributed by atoms with van der Waals surface area (Å²) in [5.74, 6) is -0.171. The molecule has 0 amide bonds. The summed E-state index contributed by atoms with van der Waals surface area (Å²) in [6.07, 6.45) is 5.48. The molecule has 4 aromatic rings. The zero-order valence-electron chi connectivity index (χ0n) is 17.2. The second kappa shape index (κ2) is 7.28. The van der Waals surface area contributed by atoms with Crippen molar-refractivity contribution in [2.24, 2.45) is 7.05 Å². The van der Waals surface area contributed by atoms with E-state index in [-0.39, 0.29) is 16.6 Å². The van der Waals surface area contributed by atoms with Crippen LogP contribution in [-0.2, 0) is 17.1 Å². The van der Waals surface area contributed by atoms with Crippen molar-refractivity contribution in [1.82, 2.24) is 23.9 Å². The van der Waals surface area contributed by atoms with Gasteiger partial charge in [0, 0.05) is 31.7 Å². The van der Waals surface area contributed by atoms with Crippen LogP contribution in [-0.4, -0.2) is 45.4 Å². The molecule has 31 heavy (non-hydrogen) atoms. The Hall–Kier alpha value is -3.04. The van der Waals surface area contributed by atoms with E-state index in [9.17, 15) is 12.8 Å². The molecular weight excluding hydrogens is 417 g/mol. The predicted molar refractivity (Wildman–Crippen MR) is 115 cm³/mol. The summed E-state index contributed by atoms with van der Waals surface area (Å²) >= 11 is 0. The van der Waals surface area contributed by atoms with Crippen molar-refractivity contribution in [2.75, 3.05) is 13.1 Å². The fourth-order valence-electron chi connectivity index (χ4n) is 4.31. The SMILES string of the molecule is Cc1cc2c(cnn2-c2ccc(F)cc2)cc1C1CCN(S(=O)(=O)c2cnn(C)c2)C1. The molecule has 2 aromatic carbocycles. The molecule has 2 aromatic heterocycles. The molecule has 1 atom stereocenters. The van der Waals surface area contributed by atoms with E-state index < -0.39 is 10.0 Å². The molecule has 0 bridgehead atoms. The second-order valence-corrected chi connectivity index (χ2v) is 9.94. The molecule has 0 aliphatic carbocycles. The average molecular weight is 440 g/mol. The van der Waals surface area contributed by atoms with Gasteiger partial charge in [-0.15, -0.1) is 0 Å². The summed E-state index contributed by atoms with van der Waals surface area (Å²) in [4.78, 5) is 0.225. The van der Waals surface area contributed by atoms with Crippen molar-refractivity contribution >= 4 is 20.9 Å². The van der Waals surface area contributed by atoms with Crippen LogP contribution < -0.4 is 0 Å². The first-order valence-corrected chi connectivity index (χ1v) is 11.5. The van der Waals surface area contributed by atoms with Gasteiger partial charge in [-0.1, -0.05) is 0 Å². The Balaban J connectivity index is 1.45. The molecule has 0 saturated carbocycles. The topological polar surface area (TPSA) is 73.0 Å². The summed E-state index contributed by atoms with van der Waals surface area (Å²) in [7, 11) is -1.84. The molecule has 3 heterocycles. The molecule has 7 nitrogen and oxygen atoms in total. The molecular formula is C22H22FN5O2S. The van der Waals surface area contributed by atoms with Crippen LogP contribution in [0.5, 0.6) is 0 Å². The number of aromatic nitrogens is 4. The Kier molecular flexibility index (Phi) is 4.67. The monoisotopic (exact) mass is 439 g/mol. The molecule has 0 spiro atoms. The van der Waals surface area contributed by atoms with Gasteiger partial charge in [0.1, 0.15) is 10.7 Å². The molecule has 1 aliphatic heterocycles. The number of rotatable bonds is 4. The third kappa shape index (κ3) is 3.43. The van der Waals surface area contributed by atoms with E-state index in [0.717, 1.165) is 34.1 Å². The third-order valence-electron chi connectivity index (χ3n) is 5.94. The zero-order chi connectivity index (χ0) is 21.8. The zero-order valence-corrected chi connectivity index (χ0v) is 18.1. The van der Waals surface area contributed by atoms with Gasteiger partial charge < -0.3 is 0 Å². The van der Waals surface area contributed by atoms with Gasteiger partial charge in [-0.3, -0.25) is 4.68 Å². The molecule has 160 valence electrons. The molecule has 0 radical (unpaired) electrons. The summed E-state index contributed by atoms with van der Waals surface area (Å²) < 4.78 is 44.0. The number of aryl methyl sites for hydroxylation is 2. The highest BCUT2D eigenvalue weighted by atomic mass is 32.2. The normalized spacial score (nSPS) is 17.6. The van der Waals surface area contributed by atoms with Crippen molar-refractivity contribution < 1.29 is 12.8 Å². The van der Waals surface area contributed by atoms with Gasteiger partial charge in [0.05, 0.1) is 23.6 Å². The van der Waals surface area contributed by atoms with Crippen LogP contribution in [0.3, 0.4) is 0 Å². The van der Waals surface area contributed by atoms with E-state index in [1.54, 1.807) is 34.4 Å². The molecule has 0 N–H and O–H groups in total. The van der Waals surface area contributed by atoms with Crippen LogP contribution in [0.2, 0.25) is 0 Å². The summed E-state index contributed by atoms with van der Waals surface area (Å²) in [5.41, 5.74) is 3.95. The summed E-state index contributed by atoms with van der Waals surface area (Å²) in [6.45, 7) is 2.96. The molecule has 1 saturated heterocycles. The van der Waals surface area contributed by atoms with Gasteiger partial charge in [-0.25, -0.2) is 17.5 Å². The molecule has 9 heteroatoms. The van der Waals surface area contributed by atoms with Gasteiger partial charge >= 0.3 is 0 Å². The van der Waals surface area contributed by atoms with Crippen LogP contribution in [0.4, 0.5) is 4.39 Å². The van der Waals surface area contributed by atoms with Gasteiger partial charge in [-0.2, -0.15) is 14.5 Å². The highest BCUT2D eigenvalue weighted by Gasteiger charge is 2.34. The second-order valence-electron chi connectivity index (χ2n) is 8.00. The van der Waals surface area contributed by atoms with Crippen molar-refractivity contribution in [3.8, 4) is 5.69 Å². The number of halogens is 1. The Bertz CT molecular complexity index is 1370. The Morgan fingerprint density at radius 1 is 1.10 bits per heavy atom. The summed E-state index contributed by atoms with van der Waals surface area (Å²) in [6, 6.07) is 10.4. The van der Waals surface area contributed by atoms with E-state index >= 15 is 0 Å². The van der Waals surface area contributed by atoms with E-state index in [0.29, 0.717) is 13.1 Å². The van der Waals surface area contributed by atoms with Gasteiger partial charge in [0.15, 0.2) is 0 Å². The van der Waals surface area contributed by atoms with Crippen molar-refractivity contribution in [3.05, 3.63) is 71.9 Å². The smallest absolute Gasteiger partial charge is 0.246 e. The number of nitrogens with zero attached hydrogens (tertiary/aromatic N) is 5. The van der Waals surface area contributed by atoms with Crippen LogP contribution in [0, 0.1) is 12.7 Å². The van der Waals surface area contributed by atoms with Crippen molar-refractivity contribution in [3.63, 3.8) is 0 Å². The van der Waals surface area contributed by atoms with Gasteiger partial charge in [0.2, 0.25) is 10.0 Å². The number of benzene rings is 2. The lowest BCUT2D eigenvalue weighted by Crippen LogP contribution is -2.28. The van der Waals surface area contributed by atoms with Gasteiger partial charge in [-0.05, 0) is 66.8 Å². The molecule has 1 fully saturated rings. The fraction of sp³-hybridized carbons (Fsp3) is 0.273. The highest BCUT2D eigenvalue weighted by Crippen LogP contribution is 2.35.